The maximum Gasteiger partial charge on any atom is 0.229 e. The zero-order valence-electron chi connectivity index (χ0n) is 10.9. The second-order valence-electron chi connectivity index (χ2n) is 4.40. The van der Waals surface area contributed by atoms with E-state index in [2.05, 4.69) is 26.0 Å². The van der Waals surface area contributed by atoms with Gasteiger partial charge in [0.15, 0.2) is 0 Å². The predicted molar refractivity (Wildman–Crippen MR) is 86.4 cm³/mol. The normalized spacial score (nSPS) is 11.1. The second-order valence-corrected chi connectivity index (χ2v) is 7.00. The van der Waals surface area contributed by atoms with Crippen LogP contribution in [0.2, 0.25) is 0 Å². The molecule has 0 aromatic heterocycles. The van der Waals surface area contributed by atoms with Crippen LogP contribution in [0, 0.1) is 0 Å². The first kappa shape index (κ1) is 14.9. The molecule has 0 amide bonds. The van der Waals surface area contributed by atoms with Crippen LogP contribution in [-0.4, -0.2) is 14.7 Å². The molecule has 2 aromatic rings. The fraction of sp³-hybridized carbons (Fsp3) is 0.143. The van der Waals surface area contributed by atoms with Gasteiger partial charge in [-0.05, 0) is 29.8 Å². The van der Waals surface area contributed by atoms with Crippen LogP contribution >= 0.6 is 15.9 Å². The molecule has 0 atom stereocenters. The van der Waals surface area contributed by atoms with Crippen molar-refractivity contribution in [3.8, 4) is 0 Å². The SMILES string of the molecule is CS(=O)(=O)Nc1cccc(NCc2ccccc2Br)c1. The van der Waals surface area contributed by atoms with Crippen LogP contribution in [0.4, 0.5) is 11.4 Å². The van der Waals surface area contributed by atoms with Crippen LogP contribution in [0.25, 0.3) is 0 Å². The Hall–Kier alpha value is -1.53. The lowest BCUT2D eigenvalue weighted by molar-refractivity contribution is 0.607. The van der Waals surface area contributed by atoms with E-state index in [0.717, 1.165) is 22.0 Å². The Morgan fingerprint density at radius 3 is 2.45 bits per heavy atom. The van der Waals surface area contributed by atoms with Crippen molar-refractivity contribution in [2.45, 2.75) is 6.54 Å². The summed E-state index contributed by atoms with van der Waals surface area (Å²) in [6.45, 7) is 0.656. The molecule has 6 heteroatoms. The summed E-state index contributed by atoms with van der Waals surface area (Å²) >= 11 is 3.49. The second kappa shape index (κ2) is 6.28. The van der Waals surface area contributed by atoms with Gasteiger partial charge in [-0.15, -0.1) is 0 Å². The predicted octanol–water partition coefficient (Wildman–Crippen LogP) is 3.43. The molecule has 0 bridgehead atoms. The highest BCUT2D eigenvalue weighted by molar-refractivity contribution is 9.10. The Labute approximate surface area is 127 Å². The minimum atomic E-state index is -3.25. The number of sulfonamides is 1. The summed E-state index contributed by atoms with van der Waals surface area (Å²) < 4.78 is 25.9. The fourth-order valence-electron chi connectivity index (χ4n) is 1.75. The first-order valence-corrected chi connectivity index (χ1v) is 8.67. The van der Waals surface area contributed by atoms with E-state index in [4.69, 9.17) is 0 Å². The van der Waals surface area contributed by atoms with Crippen LogP contribution in [0.3, 0.4) is 0 Å². The van der Waals surface area contributed by atoms with Gasteiger partial charge in [0.05, 0.1) is 11.9 Å². The average Bonchev–Trinajstić information content (AvgIpc) is 2.36. The number of nitrogens with one attached hydrogen (secondary N) is 2. The molecular weight excluding hydrogens is 340 g/mol. The summed E-state index contributed by atoms with van der Waals surface area (Å²) in [5.74, 6) is 0. The molecule has 0 saturated heterocycles. The quantitative estimate of drug-likeness (QED) is 0.864. The summed E-state index contributed by atoms with van der Waals surface area (Å²) in [5, 5.41) is 3.26. The van der Waals surface area contributed by atoms with Crippen LogP contribution < -0.4 is 10.0 Å². The minimum Gasteiger partial charge on any atom is -0.381 e. The average molecular weight is 355 g/mol. The Balaban J connectivity index is 2.07. The lowest BCUT2D eigenvalue weighted by Crippen LogP contribution is -2.09. The van der Waals surface area contributed by atoms with E-state index in [1.54, 1.807) is 18.2 Å². The van der Waals surface area contributed by atoms with Crippen molar-refractivity contribution in [3.05, 3.63) is 58.6 Å². The monoisotopic (exact) mass is 354 g/mol. The standard InChI is InChI=1S/C14H15BrN2O2S/c1-20(18,19)17-13-7-4-6-12(9-13)16-10-11-5-2-3-8-14(11)15/h2-9,16-17H,10H2,1H3. The van der Waals surface area contributed by atoms with Gasteiger partial charge in [-0.2, -0.15) is 0 Å². The van der Waals surface area contributed by atoms with Gasteiger partial charge in [-0.3, -0.25) is 4.72 Å². The van der Waals surface area contributed by atoms with Gasteiger partial charge in [0, 0.05) is 16.7 Å². The number of anilines is 2. The lowest BCUT2D eigenvalue weighted by atomic mass is 10.2. The van der Waals surface area contributed by atoms with Gasteiger partial charge in [0.1, 0.15) is 0 Å². The van der Waals surface area contributed by atoms with Crippen LogP contribution in [0.15, 0.2) is 53.0 Å². The molecule has 0 aliphatic rings. The molecule has 0 heterocycles. The number of hydrogen-bond acceptors (Lipinski definition) is 3. The van der Waals surface area contributed by atoms with Gasteiger partial charge in [0.25, 0.3) is 0 Å². The Morgan fingerprint density at radius 1 is 1.05 bits per heavy atom. The van der Waals surface area contributed by atoms with Crippen molar-refractivity contribution in [3.63, 3.8) is 0 Å². The Bertz CT molecular complexity index is 702. The van der Waals surface area contributed by atoms with Crippen LogP contribution in [0.5, 0.6) is 0 Å². The van der Waals surface area contributed by atoms with E-state index < -0.39 is 10.0 Å². The van der Waals surface area contributed by atoms with Gasteiger partial charge < -0.3 is 5.32 Å². The van der Waals surface area contributed by atoms with E-state index >= 15 is 0 Å². The maximum atomic E-state index is 11.2. The van der Waals surface area contributed by atoms with Crippen molar-refractivity contribution in [2.75, 3.05) is 16.3 Å². The summed E-state index contributed by atoms with van der Waals surface area (Å²) in [7, 11) is -3.25. The van der Waals surface area contributed by atoms with Crippen molar-refractivity contribution in [1.29, 1.82) is 0 Å². The highest BCUT2D eigenvalue weighted by Crippen LogP contribution is 2.20. The molecule has 2 aromatic carbocycles. The summed E-state index contributed by atoms with van der Waals surface area (Å²) in [4.78, 5) is 0. The third-order valence-electron chi connectivity index (χ3n) is 2.61. The Morgan fingerprint density at radius 2 is 1.75 bits per heavy atom. The topological polar surface area (TPSA) is 58.2 Å². The first-order valence-electron chi connectivity index (χ1n) is 5.99. The smallest absolute Gasteiger partial charge is 0.229 e. The summed E-state index contributed by atoms with van der Waals surface area (Å²) in [6, 6.07) is 15.1. The Kier molecular flexibility index (Phi) is 4.67. The molecule has 0 aliphatic carbocycles. The maximum absolute atomic E-state index is 11.2. The molecule has 0 radical (unpaired) electrons. The van der Waals surface area contributed by atoms with Crippen molar-refractivity contribution >= 4 is 37.3 Å². The minimum absolute atomic E-state index is 0.546. The zero-order chi connectivity index (χ0) is 14.6. The molecule has 0 unspecified atom stereocenters. The zero-order valence-corrected chi connectivity index (χ0v) is 13.3. The molecule has 0 saturated carbocycles. The van der Waals surface area contributed by atoms with Crippen molar-refractivity contribution in [2.24, 2.45) is 0 Å². The molecule has 0 aliphatic heterocycles. The largest absolute Gasteiger partial charge is 0.381 e. The molecule has 2 N–H and O–H groups in total. The van der Waals surface area contributed by atoms with Crippen molar-refractivity contribution < 1.29 is 8.42 Å². The first-order chi connectivity index (χ1) is 9.44. The number of halogens is 1. The number of hydrogen-bond donors (Lipinski definition) is 2. The highest BCUT2D eigenvalue weighted by Gasteiger charge is 2.03. The fourth-order valence-corrected chi connectivity index (χ4v) is 2.73. The number of benzene rings is 2. The van der Waals surface area contributed by atoms with Gasteiger partial charge in [-0.1, -0.05) is 40.2 Å². The molecule has 0 spiro atoms. The van der Waals surface area contributed by atoms with E-state index in [9.17, 15) is 8.42 Å². The molecule has 0 fully saturated rings. The van der Waals surface area contributed by atoms with Gasteiger partial charge in [-0.25, -0.2) is 8.42 Å². The lowest BCUT2D eigenvalue weighted by Gasteiger charge is -2.10. The molecule has 106 valence electrons. The van der Waals surface area contributed by atoms with E-state index in [1.807, 2.05) is 30.3 Å². The molecule has 4 nitrogen and oxygen atoms in total. The van der Waals surface area contributed by atoms with Crippen LogP contribution in [0.1, 0.15) is 5.56 Å². The van der Waals surface area contributed by atoms with Gasteiger partial charge in [0.2, 0.25) is 10.0 Å². The van der Waals surface area contributed by atoms with Crippen LogP contribution in [-0.2, 0) is 16.6 Å². The third kappa shape index (κ3) is 4.54. The van der Waals surface area contributed by atoms with E-state index in [-0.39, 0.29) is 0 Å². The third-order valence-corrected chi connectivity index (χ3v) is 3.99. The number of rotatable bonds is 5. The molecule has 2 rings (SSSR count). The molecular formula is C14H15BrN2O2S. The summed E-state index contributed by atoms with van der Waals surface area (Å²) in [6.07, 6.45) is 1.13. The van der Waals surface area contributed by atoms with E-state index in [1.165, 1.54) is 0 Å². The summed E-state index contributed by atoms with van der Waals surface area (Å²) in [5.41, 5.74) is 2.54. The highest BCUT2D eigenvalue weighted by atomic mass is 79.9. The van der Waals surface area contributed by atoms with Gasteiger partial charge >= 0.3 is 0 Å². The molecule has 20 heavy (non-hydrogen) atoms. The van der Waals surface area contributed by atoms with Crippen molar-refractivity contribution in [1.82, 2.24) is 0 Å². The van der Waals surface area contributed by atoms with E-state index in [0.29, 0.717) is 12.2 Å².